The summed E-state index contributed by atoms with van der Waals surface area (Å²) in [5.41, 5.74) is -0.206. The van der Waals surface area contributed by atoms with Crippen molar-refractivity contribution < 1.29 is 9.90 Å². The fourth-order valence-electron chi connectivity index (χ4n) is 2.17. The molecule has 1 rings (SSSR count). The molecule has 1 aliphatic rings. The molecule has 2 N–H and O–H groups in total. The normalized spacial score (nSPS) is 22.0. The molecule has 0 bridgehead atoms. The number of nitrogens with zero attached hydrogens (tertiary/aromatic N) is 1. The first kappa shape index (κ1) is 14.5. The quantitative estimate of drug-likeness (QED) is 0.730. The molecule has 1 fully saturated rings. The number of carbonyl (C=O) groups excluding carboxylic acids is 1. The van der Waals surface area contributed by atoms with Crippen molar-refractivity contribution in [3.8, 4) is 0 Å². The van der Waals surface area contributed by atoms with Gasteiger partial charge in [0.05, 0.1) is 6.04 Å². The van der Waals surface area contributed by atoms with E-state index in [9.17, 15) is 9.90 Å². The van der Waals surface area contributed by atoms with E-state index in [4.69, 9.17) is 0 Å². The molecule has 1 aliphatic heterocycles. The van der Waals surface area contributed by atoms with Gasteiger partial charge in [0, 0.05) is 25.1 Å². The molecule has 1 heterocycles. The van der Waals surface area contributed by atoms with Crippen LogP contribution in [0.2, 0.25) is 0 Å². The number of aliphatic hydroxyl groups is 1. The van der Waals surface area contributed by atoms with Gasteiger partial charge >= 0.3 is 0 Å². The summed E-state index contributed by atoms with van der Waals surface area (Å²) in [4.78, 5) is 14.1. The molecule has 0 radical (unpaired) electrons. The second-order valence-corrected chi connectivity index (χ2v) is 5.73. The molecule has 1 unspecified atom stereocenters. The molecule has 1 saturated heterocycles. The van der Waals surface area contributed by atoms with Gasteiger partial charge in [-0.05, 0) is 25.8 Å². The third kappa shape index (κ3) is 4.28. The van der Waals surface area contributed by atoms with E-state index in [1.807, 2.05) is 18.7 Å². The summed E-state index contributed by atoms with van der Waals surface area (Å²) in [7, 11) is 0. The van der Waals surface area contributed by atoms with Crippen molar-refractivity contribution in [1.82, 2.24) is 10.2 Å². The van der Waals surface area contributed by atoms with Gasteiger partial charge < -0.3 is 15.3 Å². The van der Waals surface area contributed by atoms with Crippen LogP contribution >= 0.6 is 0 Å². The highest BCUT2D eigenvalue weighted by Gasteiger charge is 2.31. The van der Waals surface area contributed by atoms with Crippen LogP contribution in [0.1, 0.15) is 40.0 Å². The molecule has 0 aromatic heterocycles. The lowest BCUT2D eigenvalue weighted by atomic mass is 9.92. The summed E-state index contributed by atoms with van der Waals surface area (Å²) in [6, 6.07) is -0.0156. The molecule has 0 aromatic rings. The Labute approximate surface area is 104 Å². The van der Waals surface area contributed by atoms with Crippen LogP contribution in [-0.2, 0) is 4.79 Å². The number of aliphatic hydroxyl groups excluding tert-OH is 1. The van der Waals surface area contributed by atoms with Crippen LogP contribution in [0.4, 0.5) is 0 Å². The van der Waals surface area contributed by atoms with Crippen molar-refractivity contribution >= 4 is 5.91 Å². The number of nitrogens with one attached hydrogen (secondary N) is 1. The Balaban J connectivity index is 2.53. The van der Waals surface area contributed by atoms with E-state index in [0.717, 1.165) is 32.4 Å². The lowest BCUT2D eigenvalue weighted by Gasteiger charge is -2.37. The zero-order chi connectivity index (χ0) is 12.9. The van der Waals surface area contributed by atoms with Gasteiger partial charge in [-0.15, -0.1) is 0 Å². The molecule has 1 amide bonds. The first-order valence-corrected chi connectivity index (χ1v) is 6.63. The first-order chi connectivity index (χ1) is 8.00. The summed E-state index contributed by atoms with van der Waals surface area (Å²) in [5, 5.41) is 12.6. The molecule has 1 atom stereocenters. The fraction of sp³-hybridized carbons (Fsp3) is 0.923. The van der Waals surface area contributed by atoms with Crippen LogP contribution < -0.4 is 5.32 Å². The van der Waals surface area contributed by atoms with E-state index in [2.05, 4.69) is 12.2 Å². The first-order valence-electron chi connectivity index (χ1n) is 6.63. The lowest BCUT2D eigenvalue weighted by Crippen LogP contribution is -2.53. The van der Waals surface area contributed by atoms with Gasteiger partial charge in [-0.25, -0.2) is 0 Å². The second kappa shape index (κ2) is 6.36. The van der Waals surface area contributed by atoms with Crippen molar-refractivity contribution in [2.45, 2.75) is 46.1 Å². The lowest BCUT2D eigenvalue weighted by molar-refractivity contribution is -0.137. The van der Waals surface area contributed by atoms with E-state index in [1.54, 1.807) is 0 Å². The Kier molecular flexibility index (Phi) is 5.40. The summed E-state index contributed by atoms with van der Waals surface area (Å²) >= 11 is 0. The van der Waals surface area contributed by atoms with Crippen molar-refractivity contribution in [2.75, 3.05) is 26.2 Å². The third-order valence-electron chi connectivity index (χ3n) is 3.22. The van der Waals surface area contributed by atoms with Gasteiger partial charge in [0.1, 0.15) is 0 Å². The molecule has 100 valence electrons. The molecule has 17 heavy (non-hydrogen) atoms. The third-order valence-corrected chi connectivity index (χ3v) is 3.22. The molecule has 0 aromatic carbocycles. The van der Waals surface area contributed by atoms with Crippen LogP contribution in [-0.4, -0.2) is 48.2 Å². The smallest absolute Gasteiger partial charge is 0.239 e. The fourth-order valence-corrected chi connectivity index (χ4v) is 2.17. The number of hydrogen-bond donors (Lipinski definition) is 2. The van der Waals surface area contributed by atoms with Crippen molar-refractivity contribution in [1.29, 1.82) is 0 Å². The summed E-state index contributed by atoms with van der Waals surface area (Å²) in [6.07, 6.45) is 3.04. The maximum absolute atomic E-state index is 12.2. The number of piperidine rings is 1. The summed E-state index contributed by atoms with van der Waals surface area (Å²) < 4.78 is 0. The summed E-state index contributed by atoms with van der Waals surface area (Å²) in [6.45, 7) is 8.57. The van der Waals surface area contributed by atoms with Crippen molar-refractivity contribution in [3.05, 3.63) is 0 Å². The molecular formula is C13H26N2O2. The summed E-state index contributed by atoms with van der Waals surface area (Å²) in [5.74, 6) is 0.200. The van der Waals surface area contributed by atoms with Crippen molar-refractivity contribution in [3.63, 3.8) is 0 Å². The minimum Gasteiger partial charge on any atom is -0.396 e. The van der Waals surface area contributed by atoms with Crippen LogP contribution in [0.3, 0.4) is 0 Å². The van der Waals surface area contributed by atoms with Crippen LogP contribution in [0.25, 0.3) is 0 Å². The highest BCUT2D eigenvalue weighted by Crippen LogP contribution is 2.20. The molecule has 4 heteroatoms. The minimum absolute atomic E-state index is 0.0156. The molecular weight excluding hydrogens is 216 g/mol. The van der Waals surface area contributed by atoms with Crippen LogP contribution in [0.15, 0.2) is 0 Å². The monoisotopic (exact) mass is 242 g/mol. The predicted octanol–water partition coefficient (Wildman–Crippen LogP) is 0.995. The maximum Gasteiger partial charge on any atom is 0.239 e. The number of amides is 1. The topological polar surface area (TPSA) is 52.6 Å². The number of carbonyl (C=O) groups is 1. The largest absolute Gasteiger partial charge is 0.396 e. The van der Waals surface area contributed by atoms with Gasteiger partial charge in [0.2, 0.25) is 5.91 Å². The number of likely N-dealkylation sites (tertiary alicyclic amines) is 1. The van der Waals surface area contributed by atoms with E-state index in [-0.39, 0.29) is 24.0 Å². The Morgan fingerprint density at radius 2 is 2.24 bits per heavy atom. The number of rotatable bonds is 6. The Morgan fingerprint density at radius 1 is 1.53 bits per heavy atom. The SMILES string of the molecule is CCCNC1CCCN(CC(C)(C)CO)C1=O. The van der Waals surface area contributed by atoms with Gasteiger partial charge in [-0.1, -0.05) is 20.8 Å². The van der Waals surface area contributed by atoms with E-state index in [1.165, 1.54) is 0 Å². The molecule has 0 spiro atoms. The average Bonchev–Trinajstić information content (AvgIpc) is 2.30. The van der Waals surface area contributed by atoms with Crippen LogP contribution in [0, 0.1) is 5.41 Å². The molecule has 0 aliphatic carbocycles. The maximum atomic E-state index is 12.2. The highest BCUT2D eigenvalue weighted by molar-refractivity contribution is 5.82. The minimum atomic E-state index is -0.206. The van der Waals surface area contributed by atoms with Gasteiger partial charge in [0.25, 0.3) is 0 Å². The molecule has 4 nitrogen and oxygen atoms in total. The zero-order valence-electron chi connectivity index (χ0n) is 11.3. The second-order valence-electron chi connectivity index (χ2n) is 5.73. The highest BCUT2D eigenvalue weighted by atomic mass is 16.3. The van der Waals surface area contributed by atoms with E-state index < -0.39 is 0 Å². The zero-order valence-corrected chi connectivity index (χ0v) is 11.3. The average molecular weight is 242 g/mol. The Bertz CT molecular complexity index is 254. The standard InChI is InChI=1S/C13H26N2O2/c1-4-7-14-11-6-5-8-15(12(11)17)9-13(2,3)10-16/h11,14,16H,4-10H2,1-3H3. The van der Waals surface area contributed by atoms with Gasteiger partial charge in [-0.2, -0.15) is 0 Å². The van der Waals surface area contributed by atoms with E-state index in [0.29, 0.717) is 6.54 Å². The predicted molar refractivity (Wildman–Crippen MR) is 68.8 cm³/mol. The Morgan fingerprint density at radius 3 is 2.82 bits per heavy atom. The van der Waals surface area contributed by atoms with Gasteiger partial charge in [-0.3, -0.25) is 4.79 Å². The van der Waals surface area contributed by atoms with Gasteiger partial charge in [0.15, 0.2) is 0 Å². The van der Waals surface area contributed by atoms with Crippen LogP contribution in [0.5, 0.6) is 0 Å². The Hall–Kier alpha value is -0.610. The molecule has 0 saturated carbocycles. The number of hydrogen-bond acceptors (Lipinski definition) is 3. The van der Waals surface area contributed by atoms with Crippen molar-refractivity contribution in [2.24, 2.45) is 5.41 Å². The van der Waals surface area contributed by atoms with E-state index >= 15 is 0 Å².